The molecule has 0 fully saturated rings. The molecule has 0 saturated carbocycles. The molecule has 0 aliphatic heterocycles. The van der Waals surface area contributed by atoms with Gasteiger partial charge in [0.2, 0.25) is 0 Å². The predicted molar refractivity (Wildman–Crippen MR) is 122 cm³/mol. The van der Waals surface area contributed by atoms with E-state index in [0.717, 1.165) is 9.52 Å². The van der Waals surface area contributed by atoms with Crippen molar-refractivity contribution in [3.05, 3.63) is 55.6 Å². The molecule has 0 bridgehead atoms. The third kappa shape index (κ3) is 8.17. The van der Waals surface area contributed by atoms with Crippen LogP contribution in [0.25, 0.3) is 0 Å². The van der Waals surface area contributed by atoms with E-state index in [9.17, 15) is 0 Å². The Morgan fingerprint density at radius 2 is 0.692 bits per heavy atom. The molecule has 1 radical (unpaired) electrons. The summed E-state index contributed by atoms with van der Waals surface area (Å²) in [6.45, 7) is 26.4. The average molecular weight is 492 g/mol. The molecule has 0 N–H and O–H groups in total. The van der Waals surface area contributed by atoms with E-state index < -0.39 is 20.8 Å². The van der Waals surface area contributed by atoms with Gasteiger partial charge in [0, 0.05) is 9.52 Å². The second-order valence-electron chi connectivity index (χ2n) is 6.90. The molecule has 0 aliphatic rings. The zero-order valence-corrected chi connectivity index (χ0v) is 24.0. The fourth-order valence-electron chi connectivity index (χ4n) is 2.81. The molecule has 2 aromatic rings. The predicted octanol–water partition coefficient (Wildman–Crippen LogP) is 7.79. The summed E-state index contributed by atoms with van der Waals surface area (Å²) in [4.78, 5) is 0. The van der Waals surface area contributed by atoms with Gasteiger partial charge < -0.3 is 0 Å². The third-order valence-corrected chi connectivity index (χ3v) is 5.62. The molecular formula is C22H37Cl2SiZr. The second kappa shape index (κ2) is 14.4. The van der Waals surface area contributed by atoms with Crippen LogP contribution >= 0.6 is 17.0 Å². The standard InChI is InChI=1S/2C10H15.C2H7Si.2ClH.Zr/c2*1-6-7(2)9(4)10(5)8(6)3;1-3-2;;;/h2*1-5H3;3H,1-2H3;2*1H;/q2*-1;;;;+4/p-2. The molecule has 4 heteroatoms. The molecule has 0 aliphatic carbocycles. The van der Waals surface area contributed by atoms with Gasteiger partial charge in [0.25, 0.3) is 0 Å². The van der Waals surface area contributed by atoms with Crippen molar-refractivity contribution in [2.45, 2.75) is 82.3 Å². The van der Waals surface area contributed by atoms with Gasteiger partial charge in [-0.2, -0.15) is 55.6 Å². The maximum atomic E-state index is 4.93. The minimum absolute atomic E-state index is 0.750. The minimum atomic E-state index is -0.826. The van der Waals surface area contributed by atoms with Gasteiger partial charge in [-0.25, -0.2) is 0 Å². The van der Waals surface area contributed by atoms with Crippen molar-refractivity contribution in [1.29, 1.82) is 0 Å². The Morgan fingerprint density at radius 1 is 0.577 bits per heavy atom. The quantitative estimate of drug-likeness (QED) is 0.261. The van der Waals surface area contributed by atoms with Gasteiger partial charge in [-0.05, 0) is 0 Å². The fourth-order valence-corrected chi connectivity index (χ4v) is 2.81. The van der Waals surface area contributed by atoms with Crippen molar-refractivity contribution in [3.8, 4) is 0 Å². The van der Waals surface area contributed by atoms with Crippen molar-refractivity contribution < 1.29 is 20.8 Å². The van der Waals surface area contributed by atoms with E-state index in [1.54, 1.807) is 0 Å². The van der Waals surface area contributed by atoms with Gasteiger partial charge in [-0.1, -0.05) is 82.3 Å². The zero-order chi connectivity index (χ0) is 21.2. The zero-order valence-electron chi connectivity index (χ0n) is 18.8. The van der Waals surface area contributed by atoms with E-state index in [0.29, 0.717) is 0 Å². The number of hydrogen-bond acceptors (Lipinski definition) is 0. The summed E-state index contributed by atoms with van der Waals surface area (Å²) in [6.07, 6.45) is 0. The summed E-state index contributed by atoms with van der Waals surface area (Å²) in [5.41, 5.74) is 14.7. The molecule has 0 saturated heterocycles. The van der Waals surface area contributed by atoms with Crippen LogP contribution < -0.4 is 0 Å². The van der Waals surface area contributed by atoms with Crippen LogP contribution in [0.3, 0.4) is 0 Å². The summed E-state index contributed by atoms with van der Waals surface area (Å²) in [7, 11) is 10.6. The number of halogens is 2. The van der Waals surface area contributed by atoms with Crippen LogP contribution in [0.1, 0.15) is 55.6 Å². The molecule has 2 rings (SSSR count). The number of rotatable bonds is 0. The van der Waals surface area contributed by atoms with Crippen molar-refractivity contribution in [2.24, 2.45) is 0 Å². The van der Waals surface area contributed by atoms with Crippen molar-refractivity contribution in [2.75, 3.05) is 0 Å². The van der Waals surface area contributed by atoms with Crippen LogP contribution in [0.5, 0.6) is 0 Å². The van der Waals surface area contributed by atoms with Gasteiger partial charge in [-0.3, -0.25) is 0 Å². The number of hydrogen-bond donors (Lipinski definition) is 0. The first-order valence-corrected chi connectivity index (χ1v) is 17.7. The third-order valence-electron chi connectivity index (χ3n) is 5.62. The molecule has 0 unspecified atom stereocenters. The Morgan fingerprint density at radius 3 is 0.731 bits per heavy atom. The normalized spacial score (nSPS) is 9.15. The molecule has 0 amide bonds. The second-order valence-corrected chi connectivity index (χ2v) is 11.8. The molecule has 0 aromatic heterocycles. The van der Waals surface area contributed by atoms with Crippen LogP contribution in [-0.4, -0.2) is 9.52 Å². The van der Waals surface area contributed by atoms with Crippen molar-refractivity contribution >= 4 is 26.5 Å². The topological polar surface area (TPSA) is 0 Å². The summed E-state index contributed by atoms with van der Waals surface area (Å²) in [5, 5.41) is 0. The fraction of sp³-hybridized carbons (Fsp3) is 0.545. The monoisotopic (exact) mass is 489 g/mol. The van der Waals surface area contributed by atoms with Gasteiger partial charge in [-0.15, -0.1) is 0 Å². The van der Waals surface area contributed by atoms with E-state index in [4.69, 9.17) is 17.0 Å². The van der Waals surface area contributed by atoms with Crippen LogP contribution in [-0.2, 0) is 20.8 Å². The summed E-state index contributed by atoms with van der Waals surface area (Å²) in [6, 6.07) is 0. The summed E-state index contributed by atoms with van der Waals surface area (Å²) < 4.78 is 0. The molecule has 0 nitrogen and oxygen atoms in total. The Bertz CT molecular complexity index is 448. The van der Waals surface area contributed by atoms with Crippen LogP contribution in [0.2, 0.25) is 13.1 Å². The van der Waals surface area contributed by atoms with Crippen molar-refractivity contribution in [1.82, 2.24) is 0 Å². The van der Waals surface area contributed by atoms with Crippen LogP contribution in [0.4, 0.5) is 0 Å². The van der Waals surface area contributed by atoms with Crippen LogP contribution in [0.15, 0.2) is 0 Å². The van der Waals surface area contributed by atoms with E-state index >= 15 is 0 Å². The Hall–Kier alpha value is 0.380. The van der Waals surface area contributed by atoms with Gasteiger partial charge in [0.15, 0.2) is 0 Å². The van der Waals surface area contributed by atoms with E-state index in [1.807, 2.05) is 0 Å². The SMILES string of the molecule is C[SiH]C.Cc1c(C)c(C)[c-](C)c1C.Cc1c(C)c(C)[c-](C)c1C.[Cl][Zr+2][Cl]. The average Bonchev–Trinajstić information content (AvgIpc) is 2.87. The molecule has 147 valence electrons. The van der Waals surface area contributed by atoms with Gasteiger partial charge in [0.05, 0.1) is 0 Å². The van der Waals surface area contributed by atoms with E-state index in [1.165, 1.54) is 55.6 Å². The molecule has 0 atom stereocenters. The van der Waals surface area contributed by atoms with Crippen molar-refractivity contribution in [3.63, 3.8) is 0 Å². The summed E-state index contributed by atoms with van der Waals surface area (Å²) >= 11 is -0.826. The van der Waals surface area contributed by atoms with E-state index in [-0.39, 0.29) is 0 Å². The van der Waals surface area contributed by atoms with E-state index in [2.05, 4.69) is 82.3 Å². The first-order valence-electron chi connectivity index (χ1n) is 9.03. The van der Waals surface area contributed by atoms with Gasteiger partial charge in [0.1, 0.15) is 0 Å². The molecule has 0 spiro atoms. The van der Waals surface area contributed by atoms with Crippen LogP contribution in [0, 0.1) is 69.2 Å². The first kappa shape index (κ1) is 28.6. The first-order chi connectivity index (χ1) is 11.9. The Kier molecular flexibility index (Phi) is 15.8. The molecule has 0 heterocycles. The molecular weight excluding hydrogens is 454 g/mol. The Balaban J connectivity index is 0. The summed E-state index contributed by atoms with van der Waals surface area (Å²) in [5.74, 6) is 0. The Labute approximate surface area is 184 Å². The molecule has 26 heavy (non-hydrogen) atoms. The molecule has 2 aromatic carbocycles. The maximum absolute atomic E-state index is 4.93. The van der Waals surface area contributed by atoms with Gasteiger partial charge >= 0.3 is 37.9 Å².